The molecule has 0 aliphatic heterocycles. The fourth-order valence-corrected chi connectivity index (χ4v) is 7.57. The van der Waals surface area contributed by atoms with E-state index in [0.717, 1.165) is 49.1 Å². The first-order chi connectivity index (χ1) is 21.7. The highest BCUT2D eigenvalue weighted by atomic mass is 16.2. The second kappa shape index (κ2) is 8.30. The number of aromatic nitrogens is 2. The Morgan fingerprint density at radius 3 is 1.66 bits per heavy atom. The summed E-state index contributed by atoms with van der Waals surface area (Å²) in [5, 5.41) is 12.3. The van der Waals surface area contributed by atoms with Gasteiger partial charge in [0.25, 0.3) is 11.1 Å². The lowest BCUT2D eigenvalue weighted by molar-refractivity contribution is 0.841. The Hall–Kier alpha value is -6.00. The van der Waals surface area contributed by atoms with Crippen LogP contribution in [0.25, 0.3) is 86.8 Å². The minimum atomic E-state index is -0.297. The van der Waals surface area contributed by atoms with E-state index in [1.807, 2.05) is 48.5 Å². The van der Waals surface area contributed by atoms with Gasteiger partial charge in [-0.25, -0.2) is 4.52 Å². The molecule has 0 radical (unpaired) electrons. The van der Waals surface area contributed by atoms with Gasteiger partial charge in [0, 0.05) is 0 Å². The van der Waals surface area contributed by atoms with Crippen LogP contribution in [-0.4, -0.2) is 9.03 Å². The van der Waals surface area contributed by atoms with Gasteiger partial charge in [-0.3, -0.25) is 9.59 Å². The lowest BCUT2D eigenvalue weighted by Crippen LogP contribution is -2.21. The SMILES string of the molecule is O=c1c2c(-c3ccc4c5ccccc5c5ccccc5c4c3)cccc2n2c3ccc4c5ccccc5ccc4c3c(=O)n12. The third-order valence-electron chi connectivity index (χ3n) is 9.47. The summed E-state index contributed by atoms with van der Waals surface area (Å²) in [5.74, 6) is 0. The van der Waals surface area contributed by atoms with E-state index >= 15 is 0 Å². The van der Waals surface area contributed by atoms with E-state index in [9.17, 15) is 9.59 Å². The Morgan fingerprint density at radius 1 is 0.364 bits per heavy atom. The maximum Gasteiger partial charge on any atom is 0.283 e. The topological polar surface area (TPSA) is 43.0 Å². The van der Waals surface area contributed by atoms with Crippen LogP contribution in [0.4, 0.5) is 0 Å². The molecule has 0 aliphatic rings. The van der Waals surface area contributed by atoms with Crippen molar-refractivity contribution >= 4 is 75.7 Å². The lowest BCUT2D eigenvalue weighted by atomic mass is 9.91. The van der Waals surface area contributed by atoms with Gasteiger partial charge in [-0.2, -0.15) is 4.52 Å². The minimum absolute atomic E-state index is 0.288. The van der Waals surface area contributed by atoms with Crippen LogP contribution in [0.5, 0.6) is 0 Å². The number of fused-ring (bicyclic) bond motifs is 15. The maximum absolute atomic E-state index is 14.2. The van der Waals surface area contributed by atoms with Crippen molar-refractivity contribution in [3.8, 4) is 11.1 Å². The van der Waals surface area contributed by atoms with Gasteiger partial charge >= 0.3 is 0 Å². The molecule has 44 heavy (non-hydrogen) atoms. The van der Waals surface area contributed by atoms with Crippen LogP contribution in [-0.2, 0) is 0 Å². The molecule has 10 rings (SSSR count). The van der Waals surface area contributed by atoms with E-state index in [-0.39, 0.29) is 11.1 Å². The molecule has 0 spiro atoms. The lowest BCUT2D eigenvalue weighted by Gasteiger charge is -2.12. The van der Waals surface area contributed by atoms with Gasteiger partial charge in [0.15, 0.2) is 0 Å². The summed E-state index contributed by atoms with van der Waals surface area (Å²) in [6.07, 6.45) is 0. The zero-order valence-electron chi connectivity index (χ0n) is 23.4. The van der Waals surface area contributed by atoms with Crippen molar-refractivity contribution in [3.05, 3.63) is 154 Å². The Morgan fingerprint density at radius 2 is 0.909 bits per heavy atom. The molecule has 10 aromatic rings. The third kappa shape index (κ3) is 2.87. The van der Waals surface area contributed by atoms with Gasteiger partial charge < -0.3 is 0 Å². The Balaban J connectivity index is 1.29. The summed E-state index contributed by atoms with van der Waals surface area (Å²) in [6.45, 7) is 0. The van der Waals surface area contributed by atoms with Crippen LogP contribution in [0, 0.1) is 0 Å². The molecule has 0 fully saturated rings. The monoisotopic (exact) mass is 562 g/mol. The van der Waals surface area contributed by atoms with E-state index in [2.05, 4.69) is 84.9 Å². The first-order valence-corrected chi connectivity index (χ1v) is 14.8. The minimum Gasteiger partial charge on any atom is -0.267 e. The first-order valence-electron chi connectivity index (χ1n) is 14.8. The van der Waals surface area contributed by atoms with Crippen LogP contribution in [0.2, 0.25) is 0 Å². The molecule has 8 aromatic carbocycles. The Labute approximate surface area is 249 Å². The summed E-state index contributed by atoms with van der Waals surface area (Å²) in [6, 6.07) is 45.6. The molecule has 2 aromatic heterocycles. The molecule has 0 aliphatic carbocycles. The Bertz CT molecular complexity index is 2950. The van der Waals surface area contributed by atoms with Gasteiger partial charge in [0.2, 0.25) is 0 Å². The van der Waals surface area contributed by atoms with Gasteiger partial charge in [-0.1, -0.05) is 115 Å². The summed E-state index contributed by atoms with van der Waals surface area (Å²) in [4.78, 5) is 28.3. The summed E-state index contributed by atoms with van der Waals surface area (Å²) < 4.78 is 3.12. The second-order valence-corrected chi connectivity index (χ2v) is 11.6. The Kier molecular flexibility index (Phi) is 4.44. The van der Waals surface area contributed by atoms with Crippen molar-refractivity contribution in [2.45, 2.75) is 0 Å². The maximum atomic E-state index is 14.2. The zero-order valence-corrected chi connectivity index (χ0v) is 23.4. The van der Waals surface area contributed by atoms with Crippen LogP contribution in [0.1, 0.15) is 0 Å². The molecule has 0 saturated heterocycles. The highest BCUT2D eigenvalue weighted by Gasteiger charge is 2.22. The van der Waals surface area contributed by atoms with E-state index < -0.39 is 0 Å². The van der Waals surface area contributed by atoms with Crippen molar-refractivity contribution in [1.82, 2.24) is 9.03 Å². The fourth-order valence-electron chi connectivity index (χ4n) is 7.57. The molecule has 0 atom stereocenters. The smallest absolute Gasteiger partial charge is 0.267 e. The molecule has 0 N–H and O–H groups in total. The molecular formula is C40H22N2O2. The molecule has 0 amide bonds. The van der Waals surface area contributed by atoms with Gasteiger partial charge in [-0.05, 0) is 83.2 Å². The largest absolute Gasteiger partial charge is 0.283 e. The van der Waals surface area contributed by atoms with Crippen LogP contribution in [0.3, 0.4) is 0 Å². The number of nitrogens with zero attached hydrogens (tertiary/aromatic N) is 2. The predicted octanol–water partition coefficient (Wildman–Crippen LogP) is 8.94. The number of benzene rings is 8. The second-order valence-electron chi connectivity index (χ2n) is 11.6. The van der Waals surface area contributed by atoms with Crippen LogP contribution < -0.4 is 11.1 Å². The molecular weight excluding hydrogens is 540 g/mol. The fraction of sp³-hybridized carbons (Fsp3) is 0. The molecule has 0 unspecified atom stereocenters. The van der Waals surface area contributed by atoms with E-state index in [0.29, 0.717) is 10.8 Å². The highest BCUT2D eigenvalue weighted by Crippen LogP contribution is 2.38. The van der Waals surface area contributed by atoms with Crippen LogP contribution >= 0.6 is 0 Å². The number of hydrogen-bond donors (Lipinski definition) is 0. The van der Waals surface area contributed by atoms with Crippen molar-refractivity contribution in [2.75, 3.05) is 0 Å². The first kappa shape index (κ1) is 23.6. The van der Waals surface area contributed by atoms with Crippen molar-refractivity contribution in [1.29, 1.82) is 0 Å². The van der Waals surface area contributed by atoms with Gasteiger partial charge in [-0.15, -0.1) is 0 Å². The number of rotatable bonds is 1. The zero-order chi connectivity index (χ0) is 29.1. The van der Waals surface area contributed by atoms with E-state index in [1.54, 1.807) is 4.52 Å². The standard InChI is InChI=1S/C40H22N2O2/c43-39-37-26(24-17-18-32-29-12-4-3-10-27(29)28-11-5-6-13-30(28)34(32)22-24)14-7-15-35(37)41-36-21-20-31-25-9-2-1-8-23(25)16-19-33(31)38(36)40(44)42(39)41/h1-22H. The molecule has 4 heteroatoms. The van der Waals surface area contributed by atoms with Gasteiger partial charge in [0.1, 0.15) is 0 Å². The van der Waals surface area contributed by atoms with E-state index in [1.165, 1.54) is 31.4 Å². The summed E-state index contributed by atoms with van der Waals surface area (Å²) >= 11 is 0. The molecule has 2 heterocycles. The van der Waals surface area contributed by atoms with Crippen molar-refractivity contribution in [3.63, 3.8) is 0 Å². The van der Waals surface area contributed by atoms with Crippen molar-refractivity contribution < 1.29 is 0 Å². The van der Waals surface area contributed by atoms with Gasteiger partial charge in [0.05, 0.1) is 21.8 Å². The predicted molar refractivity (Wildman–Crippen MR) is 183 cm³/mol. The average molecular weight is 563 g/mol. The normalized spacial score (nSPS) is 12.3. The molecule has 204 valence electrons. The summed E-state index contributed by atoms with van der Waals surface area (Å²) in [5.41, 5.74) is 2.64. The molecule has 0 bridgehead atoms. The van der Waals surface area contributed by atoms with Crippen molar-refractivity contribution in [2.24, 2.45) is 0 Å². The van der Waals surface area contributed by atoms with Crippen LogP contribution in [0.15, 0.2) is 143 Å². The quantitative estimate of drug-likeness (QED) is 0.188. The average Bonchev–Trinajstić information content (AvgIpc) is 3.56. The van der Waals surface area contributed by atoms with E-state index in [4.69, 9.17) is 0 Å². The third-order valence-corrected chi connectivity index (χ3v) is 9.47. The molecule has 4 nitrogen and oxygen atoms in total. The summed E-state index contributed by atoms with van der Waals surface area (Å²) in [7, 11) is 0. The number of hydrogen-bond acceptors (Lipinski definition) is 2. The highest BCUT2D eigenvalue weighted by molar-refractivity contribution is 6.26. The molecule has 0 saturated carbocycles.